The Labute approximate surface area is 414 Å². The zero-order valence-corrected chi connectivity index (χ0v) is 41.9. The van der Waals surface area contributed by atoms with Crippen molar-refractivity contribution in [2.75, 3.05) is 0 Å². The van der Waals surface area contributed by atoms with E-state index in [-0.39, 0.29) is 20.1 Å². The Bertz CT molecular complexity index is 3640. The van der Waals surface area contributed by atoms with Gasteiger partial charge in [0.1, 0.15) is 5.58 Å². The van der Waals surface area contributed by atoms with Gasteiger partial charge in [-0.15, -0.1) is 59.7 Å². The maximum Gasteiger partial charge on any atom is 0.121 e. The number of rotatable bonds is 8. The van der Waals surface area contributed by atoms with Crippen molar-refractivity contribution in [3.05, 3.63) is 218 Å². The third-order valence-electron chi connectivity index (χ3n) is 12.2. The molecule has 0 aliphatic rings. The van der Waals surface area contributed by atoms with Crippen LogP contribution in [0.4, 0.5) is 0 Å². The Morgan fingerprint density at radius 2 is 1.31 bits per heavy atom. The molecule has 11 rings (SSSR count). The topological polar surface area (TPSA) is 67.6 Å². The normalized spacial score (nSPS) is 11.7. The van der Waals surface area contributed by atoms with Crippen molar-refractivity contribution in [2.45, 2.75) is 39.4 Å². The number of nitriles is 1. The van der Waals surface area contributed by atoms with Gasteiger partial charge in [-0.25, -0.2) is 0 Å². The van der Waals surface area contributed by atoms with E-state index in [2.05, 4.69) is 169 Å². The molecule has 0 amide bonds. The Morgan fingerprint density at radius 3 is 2.01 bits per heavy atom. The maximum atomic E-state index is 9.19. The number of aromatic nitrogens is 3. The van der Waals surface area contributed by atoms with Gasteiger partial charge in [-0.1, -0.05) is 154 Å². The fourth-order valence-electron chi connectivity index (χ4n) is 8.77. The summed E-state index contributed by atoms with van der Waals surface area (Å²) in [5, 5.41) is 12.5. The van der Waals surface area contributed by atoms with Gasteiger partial charge in [0.05, 0.1) is 42.1 Å². The van der Waals surface area contributed by atoms with E-state index in [4.69, 9.17) is 10.8 Å². The van der Waals surface area contributed by atoms with Crippen molar-refractivity contribution < 1.29 is 25.9 Å². The molecule has 0 spiro atoms. The van der Waals surface area contributed by atoms with Crippen LogP contribution >= 0.6 is 0 Å². The quantitative estimate of drug-likeness (QED) is 0.112. The number of nitrogens with zero attached hydrogens (tertiary/aromatic N) is 4. The molecule has 0 unspecified atom stereocenters. The average Bonchev–Trinajstić information content (AvgIpc) is 3.94. The van der Waals surface area contributed by atoms with E-state index in [0.717, 1.165) is 94.7 Å². The van der Waals surface area contributed by atoms with Gasteiger partial charge in [0.25, 0.3) is 0 Å². The van der Waals surface area contributed by atoms with Crippen LogP contribution in [0.15, 0.2) is 199 Å². The number of hydrogen-bond donors (Lipinski definition) is 0. The summed E-state index contributed by atoms with van der Waals surface area (Å²) in [4.78, 5) is 9.80. The van der Waals surface area contributed by atoms with Crippen LogP contribution in [0, 0.1) is 23.5 Å². The number of para-hydroxylation sites is 2. The van der Waals surface area contributed by atoms with Crippen molar-refractivity contribution in [3.63, 3.8) is 0 Å². The molecule has 0 atom stereocenters. The van der Waals surface area contributed by atoms with Gasteiger partial charge in [0.2, 0.25) is 0 Å². The molecule has 0 aliphatic carbocycles. The minimum Gasteiger partial charge on any atom is -0.500 e. The van der Waals surface area contributed by atoms with Gasteiger partial charge in [-0.05, 0) is 87.1 Å². The summed E-state index contributed by atoms with van der Waals surface area (Å²) >= 11 is 0. The second kappa shape index (κ2) is 19.4. The molecule has 11 aromatic rings. The Kier molecular flexibility index (Phi) is 12.7. The van der Waals surface area contributed by atoms with E-state index < -0.39 is 14.0 Å². The summed E-state index contributed by atoms with van der Waals surface area (Å²) in [6.45, 7) is 10.8. The van der Waals surface area contributed by atoms with Crippen LogP contribution in [0.2, 0.25) is 19.6 Å². The SMILES string of the molecule is N#Cc1ccc(-c2ccc3c(c2)oc2c[c-]c(-c4nc5ccccc5n4-c4ccc(-c5ccccc5)cc4-c4ccccc4)cc23)cc1.[2H]C(C)(C)c1cc(-c2[c-]cccc2)ncc1[Si](C)(C)C.[Ir]. The number of pyridine rings is 1. The standard InChI is InChI=1S/C44H26N3O.C17H22NSi.Ir/c45-28-29-15-17-31(18-16-29)34-19-22-36-38-26-35(21-24-42(38)48-43(36)27-34)44-46-39-13-7-8-14-41(39)47(44)40-23-20-33(30-9-3-1-4-10-30)25-37(40)32-11-5-2-6-12-32;1-13(2)15-11-16(14-9-7-6-8-10-14)18-12-17(15)19(3,4)5;/h1-20,22-27H;6-9,11-13H,1-5H3;/q2*-1;/i;13D;. The van der Waals surface area contributed by atoms with Crippen molar-refractivity contribution in [1.29, 1.82) is 5.26 Å². The molecule has 7 heteroatoms. The van der Waals surface area contributed by atoms with Crippen molar-refractivity contribution in [3.8, 4) is 67.8 Å². The largest absolute Gasteiger partial charge is 0.500 e. The van der Waals surface area contributed by atoms with Gasteiger partial charge in [0.15, 0.2) is 0 Å². The molecule has 0 fully saturated rings. The molecule has 68 heavy (non-hydrogen) atoms. The van der Waals surface area contributed by atoms with E-state index in [9.17, 15) is 5.26 Å². The van der Waals surface area contributed by atoms with Gasteiger partial charge in [0, 0.05) is 44.3 Å². The summed E-state index contributed by atoms with van der Waals surface area (Å²) in [6.07, 6.45) is 1.98. The molecule has 3 heterocycles. The van der Waals surface area contributed by atoms with Crippen LogP contribution in [0.1, 0.15) is 32.2 Å². The Hall–Kier alpha value is -7.46. The first-order chi connectivity index (χ1) is 32.9. The summed E-state index contributed by atoms with van der Waals surface area (Å²) in [6, 6.07) is 72.8. The Morgan fingerprint density at radius 1 is 0.647 bits per heavy atom. The zero-order valence-electron chi connectivity index (χ0n) is 39.5. The predicted molar refractivity (Wildman–Crippen MR) is 279 cm³/mol. The first kappa shape index (κ1) is 44.4. The van der Waals surface area contributed by atoms with E-state index in [1.807, 2.05) is 86.8 Å². The molecule has 3 aromatic heterocycles. The number of furan rings is 1. The van der Waals surface area contributed by atoms with Crippen molar-refractivity contribution in [1.82, 2.24) is 14.5 Å². The molecule has 0 saturated heterocycles. The van der Waals surface area contributed by atoms with Crippen molar-refractivity contribution in [2.24, 2.45) is 0 Å². The second-order valence-electron chi connectivity index (χ2n) is 18.0. The molecular weight excluding hydrogens is 1030 g/mol. The summed E-state index contributed by atoms with van der Waals surface area (Å²) in [5.41, 5.74) is 15.7. The third-order valence-corrected chi connectivity index (χ3v) is 14.2. The van der Waals surface area contributed by atoms with Gasteiger partial charge < -0.3 is 14.0 Å². The van der Waals surface area contributed by atoms with Crippen molar-refractivity contribution >= 4 is 46.2 Å². The monoisotopic (exact) mass is 1070 g/mol. The van der Waals surface area contributed by atoms with Crippen LogP contribution < -0.4 is 5.19 Å². The molecule has 5 nitrogen and oxygen atoms in total. The van der Waals surface area contributed by atoms with E-state index >= 15 is 0 Å². The van der Waals surface area contributed by atoms with Crippen LogP contribution in [0.5, 0.6) is 0 Å². The van der Waals surface area contributed by atoms with E-state index in [0.29, 0.717) is 5.56 Å². The fraction of sp³-hybridized carbons (Fsp3) is 0.0984. The molecule has 0 aliphatic heterocycles. The van der Waals surface area contributed by atoms with E-state index in [1.54, 1.807) is 0 Å². The summed E-state index contributed by atoms with van der Waals surface area (Å²) in [5.74, 6) is 0.202. The van der Waals surface area contributed by atoms with Crippen LogP contribution in [-0.4, -0.2) is 22.6 Å². The molecule has 1 radical (unpaired) electrons. The van der Waals surface area contributed by atoms with Crippen LogP contribution in [0.3, 0.4) is 0 Å². The summed E-state index contributed by atoms with van der Waals surface area (Å²) in [7, 11) is -1.50. The number of benzene rings is 8. The maximum absolute atomic E-state index is 9.19. The minimum absolute atomic E-state index is 0. The minimum atomic E-state index is -1.50. The second-order valence-corrected chi connectivity index (χ2v) is 23.0. The van der Waals surface area contributed by atoms with Crippen LogP contribution in [-0.2, 0) is 20.1 Å². The average molecular weight is 1070 g/mol. The third kappa shape index (κ3) is 9.15. The summed E-state index contributed by atoms with van der Waals surface area (Å²) < 4.78 is 17.0. The number of imidazole rings is 1. The predicted octanol–water partition coefficient (Wildman–Crippen LogP) is 15.5. The molecule has 8 aromatic carbocycles. The fourth-order valence-corrected chi connectivity index (χ4v) is 10.4. The number of hydrogen-bond acceptors (Lipinski definition) is 4. The van der Waals surface area contributed by atoms with Gasteiger partial charge >= 0.3 is 0 Å². The first-order valence-corrected chi connectivity index (χ1v) is 26.0. The molecule has 333 valence electrons. The first-order valence-electron chi connectivity index (χ1n) is 23.0. The molecule has 0 N–H and O–H groups in total. The zero-order chi connectivity index (χ0) is 47.0. The molecular formula is C61H48IrN4OSi-2. The molecule has 0 bridgehead atoms. The van der Waals surface area contributed by atoms with E-state index in [1.165, 1.54) is 10.8 Å². The Balaban J connectivity index is 0.000000238. The van der Waals surface area contributed by atoms with Crippen LogP contribution in [0.25, 0.3) is 94.7 Å². The van der Waals surface area contributed by atoms with Gasteiger partial charge in [-0.3, -0.25) is 4.98 Å². The smallest absolute Gasteiger partial charge is 0.121 e. The number of fused-ring (bicyclic) bond motifs is 4. The van der Waals surface area contributed by atoms with Gasteiger partial charge in [-0.2, -0.15) is 5.26 Å². The molecule has 0 saturated carbocycles.